The molecule has 10 heteroatoms. The molecule has 2 heterocycles. The molecular formula is C21H18N6O4. The molecular weight excluding hydrogens is 400 g/mol. The number of benzene rings is 2. The van der Waals surface area contributed by atoms with E-state index in [-0.39, 0.29) is 29.1 Å². The Bertz CT molecular complexity index is 1370. The van der Waals surface area contributed by atoms with E-state index in [1.165, 1.54) is 33.7 Å². The molecule has 1 amide bonds. The fourth-order valence-corrected chi connectivity index (χ4v) is 3.29. The van der Waals surface area contributed by atoms with E-state index in [2.05, 4.69) is 15.1 Å². The van der Waals surface area contributed by atoms with E-state index in [4.69, 9.17) is 0 Å². The van der Waals surface area contributed by atoms with Crippen molar-refractivity contribution in [1.29, 1.82) is 0 Å². The van der Waals surface area contributed by atoms with E-state index in [0.717, 1.165) is 5.56 Å². The minimum Gasteiger partial charge on any atom is -0.301 e. The third-order valence-corrected chi connectivity index (χ3v) is 4.70. The van der Waals surface area contributed by atoms with Crippen molar-refractivity contribution in [2.75, 3.05) is 4.90 Å². The molecule has 0 aliphatic carbocycles. The molecule has 4 rings (SSSR count). The smallest absolute Gasteiger partial charge is 0.282 e. The van der Waals surface area contributed by atoms with Crippen molar-refractivity contribution in [2.24, 2.45) is 0 Å². The van der Waals surface area contributed by atoms with Gasteiger partial charge in [-0.15, -0.1) is 0 Å². The van der Waals surface area contributed by atoms with E-state index in [1.807, 2.05) is 13.0 Å². The average molecular weight is 418 g/mol. The summed E-state index contributed by atoms with van der Waals surface area (Å²) in [6.45, 7) is 3.52. The van der Waals surface area contributed by atoms with Gasteiger partial charge in [0.1, 0.15) is 11.4 Å². The maximum atomic E-state index is 13.4. The van der Waals surface area contributed by atoms with Crippen molar-refractivity contribution >= 4 is 23.1 Å². The van der Waals surface area contributed by atoms with Gasteiger partial charge in [-0.25, -0.2) is 4.98 Å². The van der Waals surface area contributed by atoms with Gasteiger partial charge in [0.05, 0.1) is 11.5 Å². The van der Waals surface area contributed by atoms with Gasteiger partial charge in [0.25, 0.3) is 22.9 Å². The normalized spacial score (nSPS) is 10.9. The summed E-state index contributed by atoms with van der Waals surface area (Å²) in [7, 11) is 0. The minimum absolute atomic E-state index is 0.0451. The van der Waals surface area contributed by atoms with Gasteiger partial charge in [0.15, 0.2) is 0 Å². The number of nitro groups is 1. The van der Waals surface area contributed by atoms with Crippen molar-refractivity contribution in [3.63, 3.8) is 0 Å². The Morgan fingerprint density at radius 2 is 1.90 bits per heavy atom. The highest BCUT2D eigenvalue weighted by Gasteiger charge is 2.26. The minimum atomic E-state index is -0.588. The van der Waals surface area contributed by atoms with Crippen molar-refractivity contribution in [2.45, 2.75) is 20.4 Å². The Labute approximate surface area is 175 Å². The first-order valence-corrected chi connectivity index (χ1v) is 9.41. The van der Waals surface area contributed by atoms with Crippen LogP contribution in [0.2, 0.25) is 0 Å². The molecule has 2 aromatic carbocycles. The van der Waals surface area contributed by atoms with Crippen LogP contribution in [0.4, 0.5) is 11.4 Å². The number of nitro benzene ring substituents is 1. The third-order valence-electron chi connectivity index (χ3n) is 4.70. The van der Waals surface area contributed by atoms with Gasteiger partial charge in [-0.05, 0) is 37.6 Å². The van der Waals surface area contributed by atoms with Gasteiger partial charge in [-0.3, -0.25) is 24.8 Å². The Balaban J connectivity index is 1.81. The van der Waals surface area contributed by atoms with E-state index < -0.39 is 10.8 Å². The molecule has 0 aliphatic rings. The van der Waals surface area contributed by atoms with Crippen molar-refractivity contribution in [3.8, 4) is 0 Å². The quantitative estimate of drug-likeness (QED) is 0.392. The number of hydrogen-bond donors (Lipinski definition) is 1. The van der Waals surface area contributed by atoms with Gasteiger partial charge >= 0.3 is 0 Å². The molecule has 10 nitrogen and oxygen atoms in total. The van der Waals surface area contributed by atoms with Crippen molar-refractivity contribution in [1.82, 2.24) is 19.6 Å². The number of carbonyl (C=O) groups is 1. The first-order chi connectivity index (χ1) is 14.8. The lowest BCUT2D eigenvalue weighted by molar-refractivity contribution is -0.385. The predicted octanol–water partition coefficient (Wildman–Crippen LogP) is 2.79. The van der Waals surface area contributed by atoms with Gasteiger partial charge in [-0.2, -0.15) is 9.50 Å². The number of aromatic amines is 1. The summed E-state index contributed by atoms with van der Waals surface area (Å²) in [6, 6.07) is 14.3. The highest BCUT2D eigenvalue weighted by molar-refractivity contribution is 6.08. The predicted molar refractivity (Wildman–Crippen MR) is 113 cm³/mol. The summed E-state index contributed by atoms with van der Waals surface area (Å²) in [5.74, 6) is -0.0687. The number of carbonyl (C=O) groups excluding carboxylic acids is 1. The van der Waals surface area contributed by atoms with Gasteiger partial charge in [0.2, 0.25) is 0 Å². The second-order valence-electron chi connectivity index (χ2n) is 7.05. The number of nitrogens with one attached hydrogen (secondary N) is 1. The van der Waals surface area contributed by atoms with Crippen LogP contribution in [0, 0.1) is 24.0 Å². The Morgan fingerprint density at radius 1 is 1.13 bits per heavy atom. The third kappa shape index (κ3) is 3.90. The summed E-state index contributed by atoms with van der Waals surface area (Å²) in [5.41, 5.74) is 1.32. The van der Waals surface area contributed by atoms with E-state index in [0.29, 0.717) is 17.2 Å². The lowest BCUT2D eigenvalue weighted by Crippen LogP contribution is -2.31. The molecule has 156 valence electrons. The number of nitrogens with zero attached hydrogens (tertiary/aromatic N) is 5. The Hall–Kier alpha value is -4.34. The van der Waals surface area contributed by atoms with Crippen LogP contribution in [0.15, 0.2) is 59.4 Å². The highest BCUT2D eigenvalue weighted by atomic mass is 16.6. The molecule has 2 aromatic heterocycles. The first kappa shape index (κ1) is 20.0. The molecule has 4 aromatic rings. The second kappa shape index (κ2) is 7.82. The highest BCUT2D eigenvalue weighted by Crippen LogP contribution is 2.25. The largest absolute Gasteiger partial charge is 0.301 e. The first-order valence-electron chi connectivity index (χ1n) is 9.41. The standard InChI is InChI=1S/C21H18N6O4/c1-13-6-5-7-15(10-13)25(20(29)16-8-3-4-9-17(16)27(30)31)12-18-23-21-22-14(2)11-19(28)26(21)24-18/h3-11H,12H2,1-2H3,(H,22,23,24). The number of fused-ring (bicyclic) bond motifs is 1. The van der Waals surface area contributed by atoms with Gasteiger partial charge in [0, 0.05) is 23.5 Å². The molecule has 0 fully saturated rings. The van der Waals surface area contributed by atoms with Gasteiger partial charge < -0.3 is 4.90 Å². The molecule has 0 aliphatic heterocycles. The van der Waals surface area contributed by atoms with E-state index >= 15 is 0 Å². The van der Waals surface area contributed by atoms with Crippen LogP contribution in [0.5, 0.6) is 0 Å². The maximum absolute atomic E-state index is 13.4. The zero-order valence-electron chi connectivity index (χ0n) is 16.8. The van der Waals surface area contributed by atoms with Crippen LogP contribution in [0.3, 0.4) is 0 Å². The van der Waals surface area contributed by atoms with Gasteiger partial charge in [-0.1, -0.05) is 24.3 Å². The SMILES string of the molecule is Cc1cccc(N(Cc2nc3nc(C)cc(=O)n3[nH]2)C(=O)c2ccccc2[N+](=O)[O-])c1. The monoisotopic (exact) mass is 418 g/mol. The summed E-state index contributed by atoms with van der Waals surface area (Å²) in [5, 5.41) is 14.3. The maximum Gasteiger partial charge on any atom is 0.282 e. The number of hydrogen-bond acceptors (Lipinski definition) is 6. The van der Waals surface area contributed by atoms with E-state index in [1.54, 1.807) is 31.2 Å². The van der Waals surface area contributed by atoms with Crippen LogP contribution < -0.4 is 10.5 Å². The number of anilines is 1. The zero-order valence-corrected chi connectivity index (χ0v) is 16.8. The Morgan fingerprint density at radius 3 is 2.65 bits per heavy atom. The second-order valence-corrected chi connectivity index (χ2v) is 7.05. The summed E-state index contributed by atoms with van der Waals surface area (Å²) in [6.07, 6.45) is 0. The number of para-hydroxylation sites is 1. The fourth-order valence-electron chi connectivity index (χ4n) is 3.29. The molecule has 1 N–H and O–H groups in total. The summed E-state index contributed by atoms with van der Waals surface area (Å²) < 4.78 is 1.19. The van der Waals surface area contributed by atoms with Crippen LogP contribution in [0.1, 0.15) is 27.4 Å². The number of amides is 1. The van der Waals surface area contributed by atoms with Crippen LogP contribution >= 0.6 is 0 Å². The van der Waals surface area contributed by atoms with Crippen LogP contribution in [0.25, 0.3) is 5.78 Å². The molecule has 0 saturated heterocycles. The topological polar surface area (TPSA) is 126 Å². The number of aryl methyl sites for hydroxylation is 2. The van der Waals surface area contributed by atoms with E-state index in [9.17, 15) is 19.7 Å². The lowest BCUT2D eigenvalue weighted by Gasteiger charge is -2.22. The zero-order chi connectivity index (χ0) is 22.1. The average Bonchev–Trinajstić information content (AvgIpc) is 3.14. The molecule has 0 bridgehead atoms. The summed E-state index contributed by atoms with van der Waals surface area (Å²) in [4.78, 5) is 46.4. The number of H-pyrrole nitrogens is 1. The molecule has 0 spiro atoms. The molecule has 31 heavy (non-hydrogen) atoms. The molecule has 0 unspecified atom stereocenters. The lowest BCUT2D eigenvalue weighted by atomic mass is 10.1. The van der Waals surface area contributed by atoms with Crippen LogP contribution in [-0.4, -0.2) is 30.4 Å². The fraction of sp³-hybridized carbons (Fsp3) is 0.143. The summed E-state index contributed by atoms with van der Waals surface area (Å²) >= 11 is 0. The number of aromatic nitrogens is 4. The van der Waals surface area contributed by atoms with Crippen LogP contribution in [-0.2, 0) is 6.54 Å². The Kier molecular flexibility index (Phi) is 5.04. The number of rotatable bonds is 5. The van der Waals surface area contributed by atoms with Crippen molar-refractivity contribution < 1.29 is 9.72 Å². The molecule has 0 atom stereocenters. The van der Waals surface area contributed by atoms with Crippen molar-refractivity contribution in [3.05, 3.63) is 97.7 Å². The molecule has 0 radical (unpaired) electrons. The molecule has 0 saturated carbocycles.